The van der Waals surface area contributed by atoms with Gasteiger partial charge in [-0.05, 0) is 24.3 Å². The minimum absolute atomic E-state index is 0.157. The van der Waals surface area contributed by atoms with Crippen molar-refractivity contribution in [1.82, 2.24) is 0 Å². The lowest BCUT2D eigenvalue weighted by molar-refractivity contribution is -0.113. The number of carbonyl (C=O) groups is 3. The molecule has 1 heterocycles. The van der Waals surface area contributed by atoms with Crippen LogP contribution < -0.4 is 9.80 Å². The summed E-state index contributed by atoms with van der Waals surface area (Å²) in [6.07, 6.45) is 0.833. The van der Waals surface area contributed by atoms with E-state index in [4.69, 9.17) is 0 Å². The van der Waals surface area contributed by atoms with Gasteiger partial charge in [-0.3, -0.25) is 14.5 Å². The molecular formula is C23H18N2O3. The van der Waals surface area contributed by atoms with E-state index in [2.05, 4.69) is 6.58 Å². The molecule has 0 spiro atoms. The summed E-state index contributed by atoms with van der Waals surface area (Å²) < 4.78 is 0. The lowest BCUT2D eigenvalue weighted by Gasteiger charge is -2.16. The van der Waals surface area contributed by atoms with Gasteiger partial charge < -0.3 is 0 Å². The first-order chi connectivity index (χ1) is 13.6. The van der Waals surface area contributed by atoms with Crippen LogP contribution in [0, 0.1) is 0 Å². The van der Waals surface area contributed by atoms with Crippen LogP contribution in [0.4, 0.5) is 16.2 Å². The monoisotopic (exact) mass is 370 g/mol. The summed E-state index contributed by atoms with van der Waals surface area (Å²) in [5, 5.41) is 0. The van der Waals surface area contributed by atoms with Crippen LogP contribution in [0.15, 0.2) is 103 Å². The van der Waals surface area contributed by atoms with Crippen molar-refractivity contribution in [2.24, 2.45) is 0 Å². The van der Waals surface area contributed by atoms with E-state index in [0.717, 1.165) is 16.7 Å². The summed E-state index contributed by atoms with van der Waals surface area (Å²) in [4.78, 5) is 37.2. The number of urea groups is 1. The highest BCUT2D eigenvalue weighted by atomic mass is 16.2. The summed E-state index contributed by atoms with van der Waals surface area (Å²) in [6.45, 7) is 3.73. The molecule has 0 radical (unpaired) electrons. The zero-order valence-corrected chi connectivity index (χ0v) is 15.1. The fraction of sp³-hybridized carbons (Fsp3) is 0. The number of benzene rings is 3. The number of anilines is 2. The molecule has 0 aromatic heterocycles. The minimum Gasteiger partial charge on any atom is -0.298 e. The SMILES string of the molecule is C=C1C(=O)N(c2ccccc2)C(=O)N1c1ccccc1.O=Cc1ccccc1. The molecule has 1 fully saturated rings. The van der Waals surface area contributed by atoms with Gasteiger partial charge in [-0.1, -0.05) is 73.3 Å². The molecular weight excluding hydrogens is 352 g/mol. The molecule has 0 atom stereocenters. The number of amides is 3. The van der Waals surface area contributed by atoms with Crippen molar-refractivity contribution in [3.63, 3.8) is 0 Å². The van der Waals surface area contributed by atoms with Crippen molar-refractivity contribution >= 4 is 29.6 Å². The third-order valence-corrected chi connectivity index (χ3v) is 4.07. The van der Waals surface area contributed by atoms with Crippen LogP contribution in [0.25, 0.3) is 0 Å². The molecule has 5 heteroatoms. The zero-order valence-electron chi connectivity index (χ0n) is 15.1. The van der Waals surface area contributed by atoms with E-state index in [1.54, 1.807) is 48.5 Å². The maximum absolute atomic E-state index is 12.5. The second-order valence-corrected chi connectivity index (χ2v) is 5.90. The Morgan fingerprint density at radius 1 is 0.643 bits per heavy atom. The van der Waals surface area contributed by atoms with Gasteiger partial charge in [-0.2, -0.15) is 0 Å². The molecule has 0 aliphatic carbocycles. The Morgan fingerprint density at radius 3 is 1.50 bits per heavy atom. The first kappa shape index (κ1) is 18.8. The van der Waals surface area contributed by atoms with Gasteiger partial charge in [0.2, 0.25) is 0 Å². The number of rotatable bonds is 3. The third-order valence-electron chi connectivity index (χ3n) is 4.07. The fourth-order valence-corrected chi connectivity index (χ4v) is 2.71. The molecule has 0 saturated carbocycles. The average Bonchev–Trinajstić information content (AvgIpc) is 2.98. The van der Waals surface area contributed by atoms with E-state index in [0.29, 0.717) is 11.4 Å². The Bertz CT molecular complexity index is 927. The van der Waals surface area contributed by atoms with Gasteiger partial charge in [0.15, 0.2) is 0 Å². The van der Waals surface area contributed by atoms with Crippen LogP contribution in [-0.4, -0.2) is 18.2 Å². The smallest absolute Gasteiger partial charge is 0.298 e. The Labute approximate surface area is 163 Å². The van der Waals surface area contributed by atoms with Gasteiger partial charge in [0.05, 0.1) is 11.4 Å². The van der Waals surface area contributed by atoms with Crippen LogP contribution in [0.3, 0.4) is 0 Å². The van der Waals surface area contributed by atoms with E-state index < -0.39 is 11.9 Å². The molecule has 1 saturated heterocycles. The van der Waals surface area contributed by atoms with Crippen LogP contribution in [0.1, 0.15) is 10.4 Å². The summed E-state index contributed by atoms with van der Waals surface area (Å²) in [5.74, 6) is -0.398. The average molecular weight is 370 g/mol. The van der Waals surface area contributed by atoms with Crippen molar-refractivity contribution in [2.75, 3.05) is 9.80 Å². The zero-order chi connectivity index (χ0) is 19.9. The molecule has 28 heavy (non-hydrogen) atoms. The topological polar surface area (TPSA) is 57.7 Å². The molecule has 138 valence electrons. The highest BCUT2D eigenvalue weighted by molar-refractivity contribution is 6.33. The van der Waals surface area contributed by atoms with Crippen molar-refractivity contribution < 1.29 is 14.4 Å². The predicted octanol–water partition coefficient (Wildman–Crippen LogP) is 4.67. The predicted molar refractivity (Wildman–Crippen MR) is 109 cm³/mol. The van der Waals surface area contributed by atoms with Crippen molar-refractivity contribution in [3.8, 4) is 0 Å². The molecule has 0 unspecified atom stereocenters. The highest BCUT2D eigenvalue weighted by Gasteiger charge is 2.41. The standard InChI is InChI=1S/C16H12N2O2.C7H6O/c1-12-15(19)18(14-10-6-3-7-11-14)16(20)17(12)13-8-4-2-5-9-13;8-6-7-4-2-1-3-5-7/h2-11H,1H2;1-6H. The van der Waals surface area contributed by atoms with Gasteiger partial charge in [0.25, 0.3) is 5.91 Å². The molecule has 3 aromatic carbocycles. The van der Waals surface area contributed by atoms with Crippen LogP contribution in [-0.2, 0) is 4.79 Å². The lowest BCUT2D eigenvalue weighted by Crippen LogP contribution is -2.32. The summed E-state index contributed by atoms with van der Waals surface area (Å²) >= 11 is 0. The molecule has 3 aromatic rings. The third kappa shape index (κ3) is 3.88. The number of aldehydes is 1. The number of imide groups is 1. The Balaban J connectivity index is 0.000000236. The summed E-state index contributed by atoms with van der Waals surface area (Å²) in [6, 6.07) is 26.5. The van der Waals surface area contributed by atoms with E-state index >= 15 is 0 Å². The number of carbonyl (C=O) groups excluding carboxylic acids is 3. The first-order valence-electron chi connectivity index (χ1n) is 8.61. The highest BCUT2D eigenvalue weighted by Crippen LogP contribution is 2.30. The molecule has 0 bridgehead atoms. The Morgan fingerprint density at radius 2 is 1.07 bits per heavy atom. The maximum Gasteiger partial charge on any atom is 0.340 e. The maximum atomic E-state index is 12.5. The quantitative estimate of drug-likeness (QED) is 0.382. The summed E-state index contributed by atoms with van der Waals surface area (Å²) in [7, 11) is 0. The molecule has 3 amide bonds. The van der Waals surface area contributed by atoms with Gasteiger partial charge in [0, 0.05) is 5.56 Å². The number of hydrogen-bond acceptors (Lipinski definition) is 3. The molecule has 4 rings (SSSR count). The van der Waals surface area contributed by atoms with Crippen molar-refractivity contribution in [3.05, 3.63) is 109 Å². The van der Waals surface area contributed by atoms with Crippen molar-refractivity contribution in [1.29, 1.82) is 0 Å². The number of para-hydroxylation sites is 2. The van der Waals surface area contributed by atoms with Crippen molar-refractivity contribution in [2.45, 2.75) is 0 Å². The van der Waals surface area contributed by atoms with E-state index in [9.17, 15) is 14.4 Å². The Kier molecular flexibility index (Phi) is 5.77. The van der Waals surface area contributed by atoms with Crippen LogP contribution in [0.2, 0.25) is 0 Å². The van der Waals surface area contributed by atoms with Crippen LogP contribution in [0.5, 0.6) is 0 Å². The second kappa shape index (κ2) is 8.60. The van der Waals surface area contributed by atoms with Gasteiger partial charge in [-0.25, -0.2) is 9.69 Å². The van der Waals surface area contributed by atoms with Gasteiger partial charge >= 0.3 is 6.03 Å². The molecule has 1 aliphatic heterocycles. The molecule has 0 N–H and O–H groups in total. The minimum atomic E-state index is -0.405. The van der Waals surface area contributed by atoms with Gasteiger partial charge in [-0.15, -0.1) is 0 Å². The molecule has 1 aliphatic rings. The second-order valence-electron chi connectivity index (χ2n) is 5.90. The fourth-order valence-electron chi connectivity index (χ4n) is 2.71. The Hall–Kier alpha value is -3.99. The molecule has 5 nitrogen and oxygen atoms in total. The summed E-state index contributed by atoms with van der Waals surface area (Å²) in [5.41, 5.74) is 2.06. The first-order valence-corrected chi connectivity index (χ1v) is 8.61. The number of nitrogens with zero attached hydrogens (tertiary/aromatic N) is 2. The largest absolute Gasteiger partial charge is 0.340 e. The normalized spacial score (nSPS) is 13.2. The lowest BCUT2D eigenvalue weighted by atomic mass is 10.2. The van der Waals surface area contributed by atoms with Gasteiger partial charge in [0.1, 0.15) is 12.0 Å². The number of hydrogen-bond donors (Lipinski definition) is 0. The van der Waals surface area contributed by atoms with E-state index in [1.165, 1.54) is 4.90 Å². The van der Waals surface area contributed by atoms with E-state index in [-0.39, 0.29) is 5.70 Å². The van der Waals surface area contributed by atoms with E-state index in [1.807, 2.05) is 42.5 Å². The van der Waals surface area contributed by atoms with Crippen LogP contribution >= 0.6 is 0 Å².